The van der Waals surface area contributed by atoms with Gasteiger partial charge in [-0.15, -0.1) is 0 Å². The average molecular weight is 1890 g/mol. The van der Waals surface area contributed by atoms with Crippen molar-refractivity contribution in [2.45, 2.75) is 23.7 Å². The van der Waals surface area contributed by atoms with Crippen LogP contribution < -0.4 is 18.9 Å². The summed E-state index contributed by atoms with van der Waals surface area (Å²) in [5.74, 6) is 7.74. The maximum Gasteiger partial charge on any atom is 0.132 e. The summed E-state index contributed by atoms with van der Waals surface area (Å²) in [5, 5.41) is 35.1. The van der Waals surface area contributed by atoms with Gasteiger partial charge in [0.25, 0.3) is 0 Å². The highest BCUT2D eigenvalue weighted by Crippen LogP contribution is 2.60. The molecular formula is C144H92O4. The van der Waals surface area contributed by atoms with Gasteiger partial charge in [-0.25, -0.2) is 0 Å². The van der Waals surface area contributed by atoms with E-state index in [0.29, 0.717) is 0 Å². The minimum absolute atomic E-state index is 0.0375. The maximum absolute atomic E-state index is 6.64. The van der Waals surface area contributed by atoms with Gasteiger partial charge in [-0.3, -0.25) is 0 Å². The zero-order valence-electron chi connectivity index (χ0n) is 80.7. The third-order valence-electron chi connectivity index (χ3n) is 31.5. The molecule has 4 heteroatoms. The van der Waals surface area contributed by atoms with Crippen LogP contribution in [0.5, 0.6) is 46.0 Å². The van der Waals surface area contributed by atoms with E-state index in [4.69, 9.17) is 18.9 Å². The van der Waals surface area contributed by atoms with Crippen molar-refractivity contribution in [2.24, 2.45) is 0 Å². The van der Waals surface area contributed by atoms with Crippen molar-refractivity contribution in [3.63, 3.8) is 0 Å². The molecule has 28 aromatic carbocycles. The highest BCUT2D eigenvalue weighted by molar-refractivity contribution is 6.12. The first kappa shape index (κ1) is 85.7. The second-order valence-electron chi connectivity index (χ2n) is 39.6. The van der Waals surface area contributed by atoms with Gasteiger partial charge in [0.05, 0.1) is 0 Å². The molecule has 0 atom stereocenters. The van der Waals surface area contributed by atoms with E-state index in [1.807, 2.05) is 0 Å². The third kappa shape index (κ3) is 14.5. The zero-order chi connectivity index (χ0) is 97.4. The topological polar surface area (TPSA) is 36.9 Å². The summed E-state index contributed by atoms with van der Waals surface area (Å²) in [6, 6.07) is 193. The van der Waals surface area contributed by atoms with E-state index in [0.717, 1.165) is 46.0 Å². The van der Waals surface area contributed by atoms with Crippen LogP contribution in [0, 0.1) is 0 Å². The molecule has 0 aromatic heterocycles. The van der Waals surface area contributed by atoms with Crippen LogP contribution in [0.15, 0.2) is 534 Å². The lowest BCUT2D eigenvalue weighted by Gasteiger charge is -2.32. The molecule has 0 fully saturated rings. The smallest absolute Gasteiger partial charge is 0.132 e. The molecule has 0 unspecified atom stereocenters. The number of hydrogen-bond acceptors (Lipinski definition) is 4. The fraction of sp³-hybridized carbons (Fsp3) is 0.0278. The molecule has 0 radical (unpaired) electrons. The van der Waals surface area contributed by atoms with Crippen molar-refractivity contribution in [3.8, 4) is 68.2 Å². The van der Waals surface area contributed by atoms with Gasteiger partial charge in [0, 0.05) is 68.2 Å². The van der Waals surface area contributed by atoms with E-state index in [1.165, 1.54) is 240 Å². The largest absolute Gasteiger partial charge is 0.457 e. The third-order valence-corrected chi connectivity index (χ3v) is 31.5. The fourth-order valence-corrected chi connectivity index (χ4v) is 24.8. The lowest BCUT2D eigenvalue weighted by Crippen LogP contribution is -2.13. The van der Waals surface area contributed by atoms with Crippen molar-refractivity contribution in [2.75, 3.05) is 0 Å². The van der Waals surface area contributed by atoms with E-state index in [1.54, 1.807) is 0 Å². The first-order chi connectivity index (χ1) is 73.4. The van der Waals surface area contributed by atoms with Gasteiger partial charge < -0.3 is 18.9 Å². The molecule has 692 valence electrons. The quantitative estimate of drug-likeness (QED) is 0.156. The van der Waals surface area contributed by atoms with E-state index in [-0.39, 0.29) is 23.7 Å². The van der Waals surface area contributed by atoms with Crippen molar-refractivity contribution in [1.82, 2.24) is 0 Å². The Morgan fingerprint density at radius 1 is 0.115 bits per heavy atom. The molecule has 0 saturated carbocycles. The standard InChI is InChI=1S/2C37H24O.2C35H22O/c1-2-9-24(10-3-1)29-16-8-13-27-17-18-28(23-32(27)29)35-36-30-14-6-4-11-25(30)19-21-33(36)38-34-22-20-26-12-5-7-15-31(26)37(34)35;1-2-8-24(9-3-1)27-14-15-29-23-30(17-16-28(29)22-27)35-36-31-12-6-4-10-25(31)18-20-33(36)38-34-21-19-26-11-5-7-13-32(26)37(34)35;1-5-13-26-22(9-1)17-19-31-33(26)35(34-27-14-6-2-10-23(27)18-20-32(34)36-31)30-21-24-11-3-4-12-25(24)28-15-7-8-16-29(28)30;1-4-10-27-22(7-1)13-14-25-21-26(15-18-28(25)27)33-34-29-11-5-2-8-23(29)16-19-31(34)36-32-20-17-24-9-3-6-12-30(24)35(32)33/h2*1-23,35H;1-21,35H;1-21,33H. The van der Waals surface area contributed by atoms with Gasteiger partial charge >= 0.3 is 0 Å². The van der Waals surface area contributed by atoms with Crippen LogP contribution in [0.1, 0.15) is 90.4 Å². The van der Waals surface area contributed by atoms with E-state index < -0.39 is 0 Å². The van der Waals surface area contributed by atoms with E-state index in [9.17, 15) is 0 Å². The van der Waals surface area contributed by atoms with Crippen LogP contribution in [0.4, 0.5) is 0 Å². The summed E-state index contributed by atoms with van der Waals surface area (Å²) in [6.45, 7) is 0. The monoisotopic (exact) mass is 1880 g/mol. The molecule has 0 spiro atoms. The summed E-state index contributed by atoms with van der Waals surface area (Å²) in [7, 11) is 0. The number of hydrogen-bond donors (Lipinski definition) is 0. The maximum atomic E-state index is 6.64. The van der Waals surface area contributed by atoms with Gasteiger partial charge in [0.2, 0.25) is 0 Å². The normalized spacial score (nSPS) is 13.0. The summed E-state index contributed by atoms with van der Waals surface area (Å²) in [5.41, 5.74) is 20.1. The highest BCUT2D eigenvalue weighted by atomic mass is 16.5. The number of rotatable bonds is 6. The molecule has 0 bridgehead atoms. The predicted molar refractivity (Wildman–Crippen MR) is 617 cm³/mol. The number of fused-ring (bicyclic) bond motifs is 32. The molecule has 32 rings (SSSR count). The van der Waals surface area contributed by atoms with Gasteiger partial charge in [-0.05, 0) is 262 Å². The van der Waals surface area contributed by atoms with Crippen molar-refractivity contribution < 1.29 is 18.9 Å². The summed E-state index contributed by atoms with van der Waals surface area (Å²) in [4.78, 5) is 0. The van der Waals surface area contributed by atoms with Gasteiger partial charge in [0.15, 0.2) is 0 Å². The molecule has 148 heavy (non-hydrogen) atoms. The molecule has 4 nitrogen and oxygen atoms in total. The average Bonchev–Trinajstić information content (AvgIpc) is 0.706. The fourth-order valence-electron chi connectivity index (χ4n) is 24.8. The van der Waals surface area contributed by atoms with E-state index >= 15 is 0 Å². The van der Waals surface area contributed by atoms with Crippen LogP contribution >= 0.6 is 0 Å². The minimum Gasteiger partial charge on any atom is -0.457 e. The van der Waals surface area contributed by atoms with Crippen molar-refractivity contribution in [1.29, 1.82) is 0 Å². The molecule has 4 heterocycles. The zero-order valence-corrected chi connectivity index (χ0v) is 80.7. The first-order valence-corrected chi connectivity index (χ1v) is 51.2. The Balaban J connectivity index is 0.0000000930. The Labute approximate surface area is 856 Å². The first-order valence-electron chi connectivity index (χ1n) is 51.2. The molecular weight excluding hydrogens is 1790 g/mol. The predicted octanol–water partition coefficient (Wildman–Crippen LogP) is 39.4. The van der Waals surface area contributed by atoms with Gasteiger partial charge in [0.1, 0.15) is 46.0 Å². The Kier molecular flexibility index (Phi) is 20.6. The van der Waals surface area contributed by atoms with Crippen LogP contribution in [0.2, 0.25) is 0 Å². The summed E-state index contributed by atoms with van der Waals surface area (Å²) in [6.07, 6.45) is 0. The Bertz CT molecular complexity index is 9970. The molecule has 0 saturated heterocycles. The summed E-state index contributed by atoms with van der Waals surface area (Å²) < 4.78 is 26.5. The number of benzene rings is 28. The molecule has 4 aliphatic heterocycles. The minimum atomic E-state index is 0.0375. The number of ether oxygens (including phenoxy) is 4. The lowest BCUT2D eigenvalue weighted by atomic mass is 9.76. The van der Waals surface area contributed by atoms with Crippen molar-refractivity contribution in [3.05, 3.63) is 601 Å². The molecule has 0 N–H and O–H groups in total. The van der Waals surface area contributed by atoms with Gasteiger partial charge in [-0.1, -0.05) is 467 Å². The Hall–Kier alpha value is -19.0. The SMILES string of the molecule is c1ccc(-c2ccc3cc(C4c5c(ccc6ccccc56)Oc5ccc6ccccc6c54)ccc3c2)cc1.c1ccc(-c2cccc3ccc(C4c5c(ccc6ccccc56)Oc5ccc6ccccc6c54)cc23)cc1.c1ccc2c3c(ccc2c1)Oc1ccc2ccccc2c1C3c1cc2ccccc2c2ccccc12.c1ccc2c3c(ccc2c1)Oc1ccc2ccccc2c1C3c1ccc2c(ccc3ccccc32)c1. The van der Waals surface area contributed by atoms with Gasteiger partial charge in [-0.2, -0.15) is 0 Å². The second-order valence-corrected chi connectivity index (χ2v) is 39.6. The van der Waals surface area contributed by atoms with Crippen LogP contribution in [0.3, 0.4) is 0 Å². The van der Waals surface area contributed by atoms with Crippen molar-refractivity contribution >= 4 is 151 Å². The van der Waals surface area contributed by atoms with Crippen LogP contribution in [0.25, 0.3) is 173 Å². The Morgan fingerprint density at radius 2 is 0.351 bits per heavy atom. The highest BCUT2D eigenvalue weighted by Gasteiger charge is 2.39. The van der Waals surface area contributed by atoms with E-state index in [2.05, 4.69) is 534 Å². The molecule has 4 aliphatic rings. The van der Waals surface area contributed by atoms with Crippen LogP contribution in [-0.2, 0) is 0 Å². The summed E-state index contributed by atoms with van der Waals surface area (Å²) >= 11 is 0. The molecule has 0 amide bonds. The molecule has 0 aliphatic carbocycles. The lowest BCUT2D eigenvalue weighted by molar-refractivity contribution is 0.456. The van der Waals surface area contributed by atoms with Crippen LogP contribution in [-0.4, -0.2) is 0 Å². The molecule has 28 aromatic rings. The Morgan fingerprint density at radius 3 is 0.743 bits per heavy atom. The second kappa shape index (κ2) is 35.5.